The molecule has 0 atom stereocenters. The van der Waals surface area contributed by atoms with Crippen LogP contribution in [-0.4, -0.2) is 29.2 Å². The zero-order chi connectivity index (χ0) is 21.4. The highest BCUT2D eigenvalue weighted by Gasteiger charge is 2.24. The minimum Gasteiger partial charge on any atom is -0.306 e. The summed E-state index contributed by atoms with van der Waals surface area (Å²) in [5, 5.41) is 0.620. The Hall–Kier alpha value is -2.72. The van der Waals surface area contributed by atoms with Crippen molar-refractivity contribution in [2.24, 2.45) is 0 Å². The molecule has 0 bridgehead atoms. The first-order chi connectivity index (χ1) is 14.4. The lowest BCUT2D eigenvalue weighted by Crippen LogP contribution is -2.26. The largest absolute Gasteiger partial charge is 0.306 e. The Morgan fingerprint density at radius 1 is 1.13 bits per heavy atom. The molecule has 0 N–H and O–H groups in total. The van der Waals surface area contributed by atoms with Crippen LogP contribution in [0.5, 0.6) is 0 Å². The smallest absolute Gasteiger partial charge is 0.281 e. The van der Waals surface area contributed by atoms with Crippen LogP contribution in [0.25, 0.3) is 16.6 Å². The number of para-hydroxylation sites is 1. The maximum absolute atomic E-state index is 13.5. The number of benzene rings is 1. The molecule has 0 fully saturated rings. The first kappa shape index (κ1) is 20.5. The van der Waals surface area contributed by atoms with Gasteiger partial charge in [0.1, 0.15) is 0 Å². The van der Waals surface area contributed by atoms with E-state index in [0.717, 1.165) is 0 Å². The van der Waals surface area contributed by atoms with Gasteiger partial charge in [-0.05, 0) is 31.2 Å². The van der Waals surface area contributed by atoms with Crippen molar-refractivity contribution in [1.82, 2.24) is 18.9 Å². The quantitative estimate of drug-likeness (QED) is 0.297. The van der Waals surface area contributed by atoms with Gasteiger partial charge in [0.15, 0.2) is 0 Å². The van der Waals surface area contributed by atoms with Crippen LogP contribution in [0, 0.1) is 6.92 Å². The summed E-state index contributed by atoms with van der Waals surface area (Å²) >= 11 is 8.26. The topological polar surface area (TPSA) is 78.9 Å². The highest BCUT2D eigenvalue weighted by molar-refractivity contribution is 14.1. The first-order valence-electron chi connectivity index (χ1n) is 9.06. The maximum atomic E-state index is 13.5. The molecule has 0 saturated heterocycles. The lowest BCUT2D eigenvalue weighted by molar-refractivity contribution is 0.0926. The van der Waals surface area contributed by atoms with Gasteiger partial charge in [-0.3, -0.25) is 19.4 Å². The van der Waals surface area contributed by atoms with Crippen molar-refractivity contribution in [1.29, 1.82) is 0 Å². The molecule has 3 heterocycles. The van der Waals surface area contributed by atoms with Gasteiger partial charge in [0, 0.05) is 18.0 Å². The number of hydrogen-bond donors (Lipinski definition) is 0. The summed E-state index contributed by atoms with van der Waals surface area (Å²) in [5.41, 5.74) is 1.06. The minimum atomic E-state index is -0.413. The average molecular weight is 535 g/mol. The van der Waals surface area contributed by atoms with Gasteiger partial charge < -0.3 is 4.57 Å². The number of carbonyl (C=O) groups is 1. The van der Waals surface area contributed by atoms with Crippen LogP contribution in [0.2, 0.25) is 5.02 Å². The van der Waals surface area contributed by atoms with Crippen LogP contribution in [0.1, 0.15) is 16.2 Å². The van der Waals surface area contributed by atoms with Gasteiger partial charge in [-0.15, -0.1) is 0 Å². The normalized spacial score (nSPS) is 11.2. The van der Waals surface area contributed by atoms with Gasteiger partial charge in [-0.1, -0.05) is 52.4 Å². The fourth-order valence-electron chi connectivity index (χ4n) is 3.48. The summed E-state index contributed by atoms with van der Waals surface area (Å²) in [4.78, 5) is 43.4. The molecule has 9 heteroatoms. The van der Waals surface area contributed by atoms with E-state index in [-0.39, 0.29) is 28.0 Å². The maximum Gasteiger partial charge on any atom is 0.281 e. The van der Waals surface area contributed by atoms with Crippen molar-refractivity contribution in [3.05, 3.63) is 91.8 Å². The molecule has 4 aromatic rings. The van der Waals surface area contributed by atoms with E-state index in [9.17, 15) is 14.4 Å². The third-order valence-corrected chi connectivity index (χ3v) is 5.83. The second kappa shape index (κ2) is 8.19. The Labute approximate surface area is 189 Å². The average Bonchev–Trinajstić information content (AvgIpc) is 3.03. The van der Waals surface area contributed by atoms with E-state index in [1.807, 2.05) is 34.7 Å². The third kappa shape index (κ3) is 3.39. The van der Waals surface area contributed by atoms with Gasteiger partial charge in [-0.25, -0.2) is 9.36 Å². The first-order valence-corrected chi connectivity index (χ1v) is 11.0. The molecule has 3 aromatic heterocycles. The predicted molar refractivity (Wildman–Crippen MR) is 124 cm³/mol. The van der Waals surface area contributed by atoms with Crippen LogP contribution < -0.4 is 11.1 Å². The van der Waals surface area contributed by atoms with Crippen LogP contribution in [0.3, 0.4) is 0 Å². The SMILES string of the molecule is Cc1c2c(=O)n(-c3ccccc3Cl)n(C(=O)CI)c2cc(=O)n1Cc1ccccn1. The molecule has 7 nitrogen and oxygen atoms in total. The van der Waals surface area contributed by atoms with Gasteiger partial charge in [0.25, 0.3) is 17.0 Å². The number of alkyl halides is 1. The number of hydrogen-bond acceptors (Lipinski definition) is 4. The lowest BCUT2D eigenvalue weighted by atomic mass is 10.2. The number of aryl methyl sites for hydroxylation is 1. The second-order valence-electron chi connectivity index (χ2n) is 6.64. The van der Waals surface area contributed by atoms with E-state index >= 15 is 0 Å². The number of nitrogens with zero attached hydrogens (tertiary/aromatic N) is 4. The standard InChI is InChI=1S/C21H16ClIN4O3/c1-13-20-17(10-18(28)25(13)12-14-6-4-5-9-24-14)26(19(29)11-23)27(21(20)30)16-8-3-2-7-15(16)22/h2-10H,11-12H2,1H3. The second-order valence-corrected chi connectivity index (χ2v) is 7.81. The Morgan fingerprint density at radius 2 is 1.87 bits per heavy atom. The molecule has 152 valence electrons. The van der Waals surface area contributed by atoms with E-state index in [4.69, 9.17) is 11.6 Å². The Morgan fingerprint density at radius 3 is 2.53 bits per heavy atom. The van der Waals surface area contributed by atoms with E-state index in [1.54, 1.807) is 43.5 Å². The highest BCUT2D eigenvalue weighted by Crippen LogP contribution is 2.23. The van der Waals surface area contributed by atoms with Gasteiger partial charge in [0.05, 0.1) is 38.3 Å². The number of rotatable bonds is 4. The van der Waals surface area contributed by atoms with Gasteiger partial charge in [0.2, 0.25) is 0 Å². The zero-order valence-electron chi connectivity index (χ0n) is 15.9. The monoisotopic (exact) mass is 534 g/mol. The molecule has 0 aliphatic heterocycles. The summed E-state index contributed by atoms with van der Waals surface area (Å²) in [6.07, 6.45) is 1.65. The molecule has 0 radical (unpaired) electrons. The van der Waals surface area contributed by atoms with Gasteiger partial charge >= 0.3 is 0 Å². The predicted octanol–water partition coefficient (Wildman–Crippen LogP) is 3.43. The zero-order valence-corrected chi connectivity index (χ0v) is 18.8. The lowest BCUT2D eigenvalue weighted by Gasteiger charge is -2.12. The number of carbonyl (C=O) groups excluding carboxylic acids is 1. The number of pyridine rings is 2. The van der Waals surface area contributed by atoms with Crippen molar-refractivity contribution < 1.29 is 4.79 Å². The molecule has 4 rings (SSSR count). The molecular formula is C21H16ClIN4O3. The molecule has 0 saturated carbocycles. The molecule has 1 aromatic carbocycles. The van der Waals surface area contributed by atoms with E-state index in [2.05, 4.69) is 4.98 Å². The molecule has 0 amide bonds. The summed E-state index contributed by atoms with van der Waals surface area (Å²) in [5.74, 6) is -0.330. The number of halogens is 2. The van der Waals surface area contributed by atoms with Crippen molar-refractivity contribution in [2.45, 2.75) is 13.5 Å². The number of aromatic nitrogens is 4. The van der Waals surface area contributed by atoms with Crippen molar-refractivity contribution >= 4 is 51.0 Å². The third-order valence-electron chi connectivity index (χ3n) is 4.86. The summed E-state index contributed by atoms with van der Waals surface area (Å²) in [6.45, 7) is 1.92. The summed E-state index contributed by atoms with van der Waals surface area (Å²) in [6, 6.07) is 13.5. The molecular weight excluding hydrogens is 519 g/mol. The Balaban J connectivity index is 2.07. The van der Waals surface area contributed by atoms with E-state index in [1.165, 1.54) is 20.0 Å². The number of fused-ring (bicyclic) bond motifs is 1. The molecule has 0 aliphatic rings. The Bertz CT molecular complexity index is 1390. The molecule has 0 spiro atoms. The van der Waals surface area contributed by atoms with Crippen molar-refractivity contribution in [3.8, 4) is 5.69 Å². The highest BCUT2D eigenvalue weighted by atomic mass is 127. The Kier molecular flexibility index (Phi) is 5.61. The fraction of sp³-hybridized carbons (Fsp3) is 0.143. The molecule has 0 unspecified atom stereocenters. The van der Waals surface area contributed by atoms with Gasteiger partial charge in [-0.2, -0.15) is 0 Å². The minimum absolute atomic E-state index is 0.126. The van der Waals surface area contributed by atoms with Crippen LogP contribution in [0.4, 0.5) is 0 Å². The van der Waals surface area contributed by atoms with Crippen molar-refractivity contribution in [3.63, 3.8) is 0 Å². The fourth-order valence-corrected chi connectivity index (χ4v) is 4.02. The van der Waals surface area contributed by atoms with Crippen molar-refractivity contribution in [2.75, 3.05) is 4.43 Å². The van der Waals surface area contributed by atoms with E-state index in [0.29, 0.717) is 27.5 Å². The summed E-state index contributed by atoms with van der Waals surface area (Å²) < 4.78 is 4.10. The van der Waals surface area contributed by atoms with Crippen LogP contribution >= 0.6 is 34.2 Å². The summed E-state index contributed by atoms with van der Waals surface area (Å²) in [7, 11) is 0. The van der Waals surface area contributed by atoms with Crippen LogP contribution in [-0.2, 0) is 6.54 Å². The molecule has 0 aliphatic carbocycles. The van der Waals surface area contributed by atoms with E-state index < -0.39 is 5.56 Å². The van der Waals surface area contributed by atoms with Crippen LogP contribution in [0.15, 0.2) is 64.3 Å². The molecule has 30 heavy (non-hydrogen) atoms.